The van der Waals surface area contributed by atoms with Crippen LogP contribution in [0.4, 0.5) is 0 Å². The van der Waals surface area contributed by atoms with Crippen molar-refractivity contribution in [3.63, 3.8) is 0 Å². The summed E-state index contributed by atoms with van der Waals surface area (Å²) >= 11 is 1.38. The highest BCUT2D eigenvalue weighted by molar-refractivity contribution is 7.99. The second-order valence-corrected chi connectivity index (χ2v) is 8.23. The number of rotatable bonds is 10. The van der Waals surface area contributed by atoms with Crippen LogP contribution in [0.1, 0.15) is 41.3 Å². The summed E-state index contributed by atoms with van der Waals surface area (Å²) in [7, 11) is 0. The number of aromatic nitrogens is 2. The fraction of sp³-hybridized carbons (Fsp3) is 0.292. The molecule has 0 spiro atoms. The molecule has 2 amide bonds. The summed E-state index contributed by atoms with van der Waals surface area (Å²) in [6, 6.07) is 15.5. The normalized spacial score (nSPS) is 10.6. The molecule has 0 radical (unpaired) electrons. The van der Waals surface area contributed by atoms with Crippen molar-refractivity contribution in [3.05, 3.63) is 77.6 Å². The van der Waals surface area contributed by atoms with Gasteiger partial charge in [0.15, 0.2) is 5.16 Å². The molecule has 2 aromatic carbocycles. The maximum Gasteiger partial charge on any atom is 0.251 e. The number of aryl methyl sites for hydroxylation is 1. The summed E-state index contributed by atoms with van der Waals surface area (Å²) in [5.74, 6) is 0.172. The summed E-state index contributed by atoms with van der Waals surface area (Å²) in [5.41, 5.74) is 3.79. The van der Waals surface area contributed by atoms with Gasteiger partial charge in [-0.15, -0.1) is 0 Å². The number of carbonyl (C=O) groups excluding carboxylic acids is 2. The Kier molecular flexibility index (Phi) is 8.29. The summed E-state index contributed by atoms with van der Waals surface area (Å²) in [6.07, 6.45) is 5.57. The van der Waals surface area contributed by atoms with E-state index in [2.05, 4.69) is 22.5 Å². The SMILES string of the molecule is CCCCNC(=O)c1ccc(-n2ccnc2SCC(=O)NCc2ccc(C)cc2)cc1. The molecule has 0 unspecified atom stereocenters. The molecule has 0 aliphatic carbocycles. The summed E-state index contributed by atoms with van der Waals surface area (Å²) in [6.45, 7) is 5.33. The number of imidazole rings is 1. The van der Waals surface area contributed by atoms with Crippen LogP contribution in [0.3, 0.4) is 0 Å². The molecule has 7 heteroatoms. The second kappa shape index (κ2) is 11.4. The maximum atomic E-state index is 12.2. The van der Waals surface area contributed by atoms with Gasteiger partial charge in [0.1, 0.15) is 0 Å². The molecule has 1 heterocycles. The fourth-order valence-corrected chi connectivity index (χ4v) is 3.74. The van der Waals surface area contributed by atoms with Gasteiger partial charge in [0.05, 0.1) is 5.75 Å². The van der Waals surface area contributed by atoms with Crippen molar-refractivity contribution in [1.29, 1.82) is 0 Å². The molecule has 31 heavy (non-hydrogen) atoms. The zero-order valence-corrected chi connectivity index (χ0v) is 18.7. The number of thioether (sulfide) groups is 1. The van der Waals surface area contributed by atoms with Crippen molar-refractivity contribution in [2.24, 2.45) is 0 Å². The Morgan fingerprint density at radius 1 is 1.03 bits per heavy atom. The number of amides is 2. The van der Waals surface area contributed by atoms with E-state index in [1.54, 1.807) is 18.3 Å². The minimum Gasteiger partial charge on any atom is -0.352 e. The van der Waals surface area contributed by atoms with Crippen LogP contribution in [0.25, 0.3) is 5.69 Å². The van der Waals surface area contributed by atoms with Crippen LogP contribution < -0.4 is 10.6 Å². The lowest BCUT2D eigenvalue weighted by Crippen LogP contribution is -2.24. The van der Waals surface area contributed by atoms with Crippen molar-refractivity contribution in [2.75, 3.05) is 12.3 Å². The number of unbranched alkanes of at least 4 members (excludes halogenated alkanes) is 1. The van der Waals surface area contributed by atoms with Gasteiger partial charge in [-0.3, -0.25) is 14.2 Å². The largest absolute Gasteiger partial charge is 0.352 e. The number of carbonyl (C=O) groups is 2. The molecule has 0 aliphatic rings. The molecule has 3 aromatic rings. The standard InChI is InChI=1S/C24H28N4O2S/c1-3-4-13-25-23(30)20-9-11-21(12-10-20)28-15-14-26-24(28)31-17-22(29)27-16-19-7-5-18(2)6-8-19/h5-12,14-15H,3-4,13,16-17H2,1-2H3,(H,25,30)(H,27,29). The third kappa shape index (κ3) is 6.72. The number of nitrogens with one attached hydrogen (secondary N) is 2. The predicted octanol–water partition coefficient (Wildman–Crippen LogP) is 4.12. The molecule has 2 N–H and O–H groups in total. The quantitative estimate of drug-likeness (QED) is 0.370. The molecule has 162 valence electrons. The molecule has 3 rings (SSSR count). The van der Waals surface area contributed by atoms with Crippen LogP contribution in [0.15, 0.2) is 66.1 Å². The number of benzene rings is 2. The lowest BCUT2D eigenvalue weighted by Gasteiger charge is -2.09. The minimum absolute atomic E-state index is 0.0424. The zero-order valence-electron chi connectivity index (χ0n) is 17.9. The number of hydrogen-bond donors (Lipinski definition) is 2. The first-order chi connectivity index (χ1) is 15.1. The fourth-order valence-electron chi connectivity index (χ4n) is 2.93. The van der Waals surface area contributed by atoms with Crippen molar-refractivity contribution < 1.29 is 9.59 Å². The monoisotopic (exact) mass is 436 g/mol. The average molecular weight is 437 g/mol. The first kappa shape index (κ1) is 22.6. The zero-order chi connectivity index (χ0) is 22.1. The molecule has 0 saturated carbocycles. The van der Waals surface area contributed by atoms with Crippen molar-refractivity contribution in [2.45, 2.75) is 38.4 Å². The van der Waals surface area contributed by atoms with E-state index in [1.807, 2.05) is 54.1 Å². The Morgan fingerprint density at radius 3 is 2.48 bits per heavy atom. The van der Waals surface area contributed by atoms with E-state index in [-0.39, 0.29) is 17.6 Å². The molecule has 0 aliphatic heterocycles. The molecule has 0 saturated heterocycles. The summed E-state index contributed by atoms with van der Waals surface area (Å²) in [4.78, 5) is 28.8. The summed E-state index contributed by atoms with van der Waals surface area (Å²) in [5, 5.41) is 6.59. The number of hydrogen-bond acceptors (Lipinski definition) is 4. The van der Waals surface area contributed by atoms with E-state index < -0.39 is 0 Å². The Morgan fingerprint density at radius 2 is 1.77 bits per heavy atom. The third-order valence-corrected chi connectivity index (χ3v) is 5.74. The van der Waals surface area contributed by atoms with E-state index in [0.29, 0.717) is 18.7 Å². The highest BCUT2D eigenvalue weighted by Crippen LogP contribution is 2.20. The van der Waals surface area contributed by atoms with Gasteiger partial charge < -0.3 is 10.6 Å². The van der Waals surface area contributed by atoms with Gasteiger partial charge in [-0.25, -0.2) is 4.98 Å². The van der Waals surface area contributed by atoms with Gasteiger partial charge in [-0.1, -0.05) is 54.9 Å². The van der Waals surface area contributed by atoms with E-state index in [9.17, 15) is 9.59 Å². The van der Waals surface area contributed by atoms with Gasteiger partial charge in [0.2, 0.25) is 5.91 Å². The van der Waals surface area contributed by atoms with Crippen LogP contribution in [-0.4, -0.2) is 33.7 Å². The van der Waals surface area contributed by atoms with Crippen LogP contribution >= 0.6 is 11.8 Å². The van der Waals surface area contributed by atoms with Crippen molar-refractivity contribution >= 4 is 23.6 Å². The maximum absolute atomic E-state index is 12.2. The predicted molar refractivity (Wildman–Crippen MR) is 125 cm³/mol. The van der Waals surface area contributed by atoms with E-state index in [4.69, 9.17) is 0 Å². The third-order valence-electron chi connectivity index (χ3n) is 4.77. The van der Waals surface area contributed by atoms with Crippen LogP contribution in [0.2, 0.25) is 0 Å². The number of nitrogens with zero attached hydrogens (tertiary/aromatic N) is 2. The molecule has 0 atom stereocenters. The topological polar surface area (TPSA) is 76.0 Å². The van der Waals surface area contributed by atoms with Crippen LogP contribution in [0.5, 0.6) is 0 Å². The van der Waals surface area contributed by atoms with E-state index in [1.165, 1.54) is 17.3 Å². The average Bonchev–Trinajstić information content (AvgIpc) is 3.26. The van der Waals surface area contributed by atoms with E-state index in [0.717, 1.165) is 29.2 Å². The molecule has 1 aromatic heterocycles. The highest BCUT2D eigenvalue weighted by atomic mass is 32.2. The lowest BCUT2D eigenvalue weighted by atomic mass is 10.1. The van der Waals surface area contributed by atoms with Crippen molar-refractivity contribution in [3.8, 4) is 5.69 Å². The highest BCUT2D eigenvalue weighted by Gasteiger charge is 2.10. The first-order valence-corrected chi connectivity index (χ1v) is 11.4. The van der Waals surface area contributed by atoms with Gasteiger partial charge in [0.25, 0.3) is 5.91 Å². The van der Waals surface area contributed by atoms with Crippen molar-refractivity contribution in [1.82, 2.24) is 20.2 Å². The smallest absolute Gasteiger partial charge is 0.251 e. The first-order valence-electron chi connectivity index (χ1n) is 10.4. The van der Waals surface area contributed by atoms with Gasteiger partial charge in [0, 0.05) is 36.7 Å². The lowest BCUT2D eigenvalue weighted by molar-refractivity contribution is -0.118. The Balaban J connectivity index is 1.53. The Hall–Kier alpha value is -3.06. The molecule has 6 nitrogen and oxygen atoms in total. The van der Waals surface area contributed by atoms with Crippen LogP contribution in [0, 0.1) is 6.92 Å². The minimum atomic E-state index is -0.0644. The Labute approximate surface area is 187 Å². The Bertz CT molecular complexity index is 997. The van der Waals surface area contributed by atoms with Crippen LogP contribution in [-0.2, 0) is 11.3 Å². The molecular weight excluding hydrogens is 408 g/mol. The molecule has 0 bridgehead atoms. The summed E-state index contributed by atoms with van der Waals surface area (Å²) < 4.78 is 1.91. The second-order valence-electron chi connectivity index (χ2n) is 7.29. The van der Waals surface area contributed by atoms with Gasteiger partial charge >= 0.3 is 0 Å². The van der Waals surface area contributed by atoms with E-state index >= 15 is 0 Å². The molecule has 0 fully saturated rings. The molecular formula is C24H28N4O2S. The van der Waals surface area contributed by atoms with Gasteiger partial charge in [-0.05, 0) is 43.2 Å². The van der Waals surface area contributed by atoms with Gasteiger partial charge in [-0.2, -0.15) is 0 Å².